The van der Waals surface area contributed by atoms with Gasteiger partial charge in [-0.1, -0.05) is 36.4 Å². The van der Waals surface area contributed by atoms with Crippen molar-refractivity contribution < 1.29 is 22.3 Å². The Hall–Kier alpha value is -3.23. The van der Waals surface area contributed by atoms with Crippen molar-refractivity contribution in [2.75, 3.05) is 18.4 Å². The van der Waals surface area contributed by atoms with Gasteiger partial charge in [0.15, 0.2) is 0 Å². The third-order valence-electron chi connectivity index (χ3n) is 5.36. The average molecular weight is 455 g/mol. The molecule has 3 aromatic carbocycles. The molecule has 6 nitrogen and oxygen atoms in total. The molecule has 0 aliphatic carbocycles. The van der Waals surface area contributed by atoms with Gasteiger partial charge in [0, 0.05) is 30.8 Å². The summed E-state index contributed by atoms with van der Waals surface area (Å²) in [6.07, 6.45) is 0.722. The minimum absolute atomic E-state index is 0.159. The Bertz CT molecular complexity index is 1190. The second kappa shape index (κ2) is 9.50. The molecule has 8 heteroatoms. The van der Waals surface area contributed by atoms with E-state index >= 15 is 0 Å². The molecular weight excluding hydrogens is 431 g/mol. The lowest BCUT2D eigenvalue weighted by atomic mass is 9.97. The second-order valence-electron chi connectivity index (χ2n) is 7.54. The fourth-order valence-electron chi connectivity index (χ4n) is 3.66. The van der Waals surface area contributed by atoms with Crippen LogP contribution in [0.2, 0.25) is 0 Å². The lowest BCUT2D eigenvalue weighted by Crippen LogP contribution is -2.41. The number of nitrogens with one attached hydrogen (secondary N) is 1. The molecule has 0 bridgehead atoms. The molecule has 1 saturated heterocycles. The predicted octanol–water partition coefficient (Wildman–Crippen LogP) is 4.66. The first-order chi connectivity index (χ1) is 15.4. The summed E-state index contributed by atoms with van der Waals surface area (Å²) in [6.45, 7) is 0.317. The van der Waals surface area contributed by atoms with Gasteiger partial charge >= 0.3 is 0 Å². The van der Waals surface area contributed by atoms with Crippen LogP contribution in [0.4, 0.5) is 10.1 Å². The monoisotopic (exact) mass is 454 g/mol. The standard InChI is InChI=1S/C24H23FN2O4S/c25-22-11-4-5-12-23(22)32(29,30)27-15-13-18(14-16-27)24(28)26-19-7-6-10-21(17-19)31-20-8-2-1-3-9-20/h1-12,17-18H,13-16H2,(H,26,28). The van der Waals surface area contributed by atoms with Crippen molar-refractivity contribution in [1.29, 1.82) is 0 Å². The maximum atomic E-state index is 14.0. The molecule has 1 heterocycles. The molecule has 4 rings (SSSR count). The first kappa shape index (κ1) is 22.0. The van der Waals surface area contributed by atoms with Crippen molar-refractivity contribution >= 4 is 21.6 Å². The number of hydrogen-bond donors (Lipinski definition) is 1. The molecule has 0 saturated carbocycles. The number of piperidine rings is 1. The number of sulfonamides is 1. The average Bonchev–Trinajstić information content (AvgIpc) is 2.80. The number of ether oxygens (including phenoxy) is 1. The third-order valence-corrected chi connectivity index (χ3v) is 7.29. The first-order valence-corrected chi connectivity index (χ1v) is 11.8. The molecule has 0 atom stereocenters. The Kier molecular flexibility index (Phi) is 6.53. The fourth-order valence-corrected chi connectivity index (χ4v) is 5.19. The predicted molar refractivity (Wildman–Crippen MR) is 119 cm³/mol. The largest absolute Gasteiger partial charge is 0.457 e. The zero-order chi connectivity index (χ0) is 22.6. The molecule has 1 aliphatic rings. The van der Waals surface area contributed by atoms with Gasteiger partial charge in [0.2, 0.25) is 15.9 Å². The van der Waals surface area contributed by atoms with E-state index in [1.54, 1.807) is 24.3 Å². The smallest absolute Gasteiger partial charge is 0.245 e. The van der Waals surface area contributed by atoms with Crippen molar-refractivity contribution in [2.24, 2.45) is 5.92 Å². The lowest BCUT2D eigenvalue weighted by molar-refractivity contribution is -0.120. The molecule has 32 heavy (non-hydrogen) atoms. The van der Waals surface area contributed by atoms with Crippen molar-refractivity contribution in [3.63, 3.8) is 0 Å². The van der Waals surface area contributed by atoms with Crippen LogP contribution in [0.3, 0.4) is 0 Å². The van der Waals surface area contributed by atoms with Crippen molar-refractivity contribution in [2.45, 2.75) is 17.7 Å². The number of carbonyl (C=O) groups is 1. The van der Waals surface area contributed by atoms with Gasteiger partial charge < -0.3 is 10.1 Å². The number of nitrogens with zero attached hydrogens (tertiary/aromatic N) is 1. The highest BCUT2D eigenvalue weighted by molar-refractivity contribution is 7.89. The Morgan fingerprint density at radius 2 is 1.56 bits per heavy atom. The third kappa shape index (κ3) is 4.98. The van der Waals surface area contributed by atoms with Crippen LogP contribution in [0.1, 0.15) is 12.8 Å². The van der Waals surface area contributed by atoms with Gasteiger partial charge in [-0.05, 0) is 49.2 Å². The Morgan fingerprint density at radius 3 is 2.28 bits per heavy atom. The number of benzene rings is 3. The van der Waals surface area contributed by atoms with Gasteiger partial charge in [-0.2, -0.15) is 4.31 Å². The highest BCUT2D eigenvalue weighted by atomic mass is 32.2. The van der Waals surface area contributed by atoms with E-state index in [1.807, 2.05) is 30.3 Å². The van der Waals surface area contributed by atoms with Crippen LogP contribution < -0.4 is 10.1 Å². The summed E-state index contributed by atoms with van der Waals surface area (Å²) >= 11 is 0. The van der Waals surface area contributed by atoms with Crippen molar-refractivity contribution in [3.05, 3.63) is 84.7 Å². The molecule has 0 unspecified atom stereocenters. The first-order valence-electron chi connectivity index (χ1n) is 10.3. The summed E-state index contributed by atoms with van der Waals surface area (Å²) in [6, 6.07) is 21.8. The number of halogens is 1. The summed E-state index contributed by atoms with van der Waals surface area (Å²) < 4.78 is 46.5. The van der Waals surface area contributed by atoms with E-state index in [2.05, 4.69) is 5.32 Å². The van der Waals surface area contributed by atoms with Gasteiger partial charge in [-0.3, -0.25) is 4.79 Å². The van der Waals surface area contributed by atoms with Gasteiger partial charge in [0.1, 0.15) is 22.2 Å². The van der Waals surface area contributed by atoms with Crippen LogP contribution in [-0.2, 0) is 14.8 Å². The minimum Gasteiger partial charge on any atom is -0.457 e. The molecule has 0 radical (unpaired) electrons. The number of para-hydroxylation sites is 1. The molecule has 0 spiro atoms. The second-order valence-corrected chi connectivity index (χ2v) is 9.45. The van der Waals surface area contributed by atoms with Crippen molar-refractivity contribution in [1.82, 2.24) is 4.31 Å². The van der Waals surface area contributed by atoms with E-state index in [0.717, 1.165) is 6.07 Å². The van der Waals surface area contributed by atoms with Crippen LogP contribution >= 0.6 is 0 Å². The Balaban J connectivity index is 1.36. The summed E-state index contributed by atoms with van der Waals surface area (Å²) in [5.74, 6) is 0.00903. The number of anilines is 1. The fraction of sp³-hybridized carbons (Fsp3) is 0.208. The van der Waals surface area contributed by atoms with Gasteiger partial charge in [-0.25, -0.2) is 12.8 Å². The Labute approximate surface area is 186 Å². The maximum Gasteiger partial charge on any atom is 0.245 e. The molecule has 1 fully saturated rings. The SMILES string of the molecule is O=C(Nc1cccc(Oc2ccccc2)c1)C1CCN(S(=O)(=O)c2ccccc2F)CC1. The lowest BCUT2D eigenvalue weighted by Gasteiger charge is -2.30. The summed E-state index contributed by atoms with van der Waals surface area (Å²) in [5, 5.41) is 2.89. The topological polar surface area (TPSA) is 75.7 Å². The van der Waals surface area contributed by atoms with E-state index in [9.17, 15) is 17.6 Å². The summed E-state index contributed by atoms with van der Waals surface area (Å²) in [7, 11) is -3.93. The zero-order valence-corrected chi connectivity index (χ0v) is 18.1. The van der Waals surface area contributed by atoms with E-state index in [-0.39, 0.29) is 29.8 Å². The van der Waals surface area contributed by atoms with E-state index in [4.69, 9.17) is 4.74 Å². The summed E-state index contributed by atoms with van der Waals surface area (Å²) in [4.78, 5) is 12.4. The summed E-state index contributed by atoms with van der Waals surface area (Å²) in [5.41, 5.74) is 0.602. The van der Waals surface area contributed by atoms with Crippen LogP contribution in [0.25, 0.3) is 0 Å². The normalized spacial score (nSPS) is 15.3. The number of amides is 1. The highest BCUT2D eigenvalue weighted by Crippen LogP contribution is 2.27. The number of hydrogen-bond acceptors (Lipinski definition) is 4. The van der Waals surface area contributed by atoms with Crippen LogP contribution in [0.15, 0.2) is 83.8 Å². The van der Waals surface area contributed by atoms with Crippen LogP contribution in [-0.4, -0.2) is 31.7 Å². The maximum absolute atomic E-state index is 14.0. The van der Waals surface area contributed by atoms with Gasteiger partial charge in [0.05, 0.1) is 0 Å². The van der Waals surface area contributed by atoms with E-state index in [0.29, 0.717) is 30.0 Å². The van der Waals surface area contributed by atoms with E-state index < -0.39 is 15.8 Å². The minimum atomic E-state index is -3.93. The van der Waals surface area contributed by atoms with Crippen molar-refractivity contribution in [3.8, 4) is 11.5 Å². The van der Waals surface area contributed by atoms with Crippen LogP contribution in [0.5, 0.6) is 11.5 Å². The molecule has 1 amide bonds. The highest BCUT2D eigenvalue weighted by Gasteiger charge is 2.33. The van der Waals surface area contributed by atoms with Gasteiger partial charge in [0.25, 0.3) is 0 Å². The molecule has 166 valence electrons. The van der Waals surface area contributed by atoms with Gasteiger partial charge in [-0.15, -0.1) is 0 Å². The number of carbonyl (C=O) groups excluding carboxylic acids is 1. The molecule has 1 aliphatic heterocycles. The molecule has 1 N–H and O–H groups in total. The number of rotatable bonds is 6. The van der Waals surface area contributed by atoms with E-state index in [1.165, 1.54) is 22.5 Å². The quantitative estimate of drug-likeness (QED) is 0.588. The van der Waals surface area contributed by atoms with Crippen LogP contribution in [0, 0.1) is 11.7 Å². The molecular formula is C24H23FN2O4S. The Morgan fingerprint density at radius 1 is 0.906 bits per heavy atom. The molecule has 3 aromatic rings. The molecule has 0 aromatic heterocycles. The zero-order valence-electron chi connectivity index (χ0n) is 17.3.